The third-order valence-corrected chi connectivity index (χ3v) is 3.97. The van der Waals surface area contributed by atoms with Gasteiger partial charge in [-0.25, -0.2) is 0 Å². The molecule has 3 heteroatoms. The van der Waals surface area contributed by atoms with Gasteiger partial charge in [-0.1, -0.05) is 49.6 Å². The van der Waals surface area contributed by atoms with Crippen LogP contribution >= 0.6 is 0 Å². The normalized spacial score (nSPS) is 10.6. The van der Waals surface area contributed by atoms with E-state index in [1.165, 1.54) is 19.3 Å². The molecule has 0 aliphatic carbocycles. The first-order valence-electron chi connectivity index (χ1n) is 9.00. The Labute approximate surface area is 145 Å². The third kappa shape index (κ3) is 5.89. The molecule has 3 nitrogen and oxygen atoms in total. The molecule has 2 aromatic rings. The van der Waals surface area contributed by atoms with E-state index in [0.717, 1.165) is 48.6 Å². The monoisotopic (exact) mass is 327 g/mol. The minimum absolute atomic E-state index is 0.685. The fourth-order valence-electron chi connectivity index (χ4n) is 2.69. The summed E-state index contributed by atoms with van der Waals surface area (Å²) < 4.78 is 11.5. The van der Waals surface area contributed by atoms with Gasteiger partial charge in [-0.15, -0.1) is 0 Å². The van der Waals surface area contributed by atoms with Crippen LogP contribution in [0.5, 0.6) is 11.5 Å². The average Bonchev–Trinajstić information content (AvgIpc) is 2.62. The molecule has 0 spiro atoms. The van der Waals surface area contributed by atoms with E-state index in [1.807, 2.05) is 37.3 Å². The maximum atomic E-state index is 6.02. The second kappa shape index (κ2) is 10.7. The van der Waals surface area contributed by atoms with Crippen LogP contribution in [-0.4, -0.2) is 19.8 Å². The first-order chi connectivity index (χ1) is 11.8. The number of benzene rings is 2. The van der Waals surface area contributed by atoms with E-state index >= 15 is 0 Å². The number of ether oxygens (including phenoxy) is 2. The number of para-hydroxylation sites is 1. The van der Waals surface area contributed by atoms with Crippen molar-refractivity contribution in [2.24, 2.45) is 5.73 Å². The van der Waals surface area contributed by atoms with Crippen LogP contribution in [0.4, 0.5) is 0 Å². The minimum Gasteiger partial charge on any atom is -0.494 e. The Kier molecular flexibility index (Phi) is 8.19. The zero-order chi connectivity index (χ0) is 17.0. The summed E-state index contributed by atoms with van der Waals surface area (Å²) in [5.74, 6) is 1.85. The summed E-state index contributed by atoms with van der Waals surface area (Å²) in [6.07, 6.45) is 5.87. The van der Waals surface area contributed by atoms with Gasteiger partial charge in [0.15, 0.2) is 0 Å². The lowest BCUT2D eigenvalue weighted by molar-refractivity contribution is 0.305. The summed E-state index contributed by atoms with van der Waals surface area (Å²) in [7, 11) is 0. The van der Waals surface area contributed by atoms with Crippen molar-refractivity contribution in [3.8, 4) is 22.6 Å². The Balaban J connectivity index is 1.90. The van der Waals surface area contributed by atoms with Crippen molar-refractivity contribution >= 4 is 0 Å². The van der Waals surface area contributed by atoms with E-state index in [-0.39, 0.29) is 0 Å². The van der Waals surface area contributed by atoms with Gasteiger partial charge in [-0.3, -0.25) is 0 Å². The maximum Gasteiger partial charge on any atom is 0.127 e. The van der Waals surface area contributed by atoms with E-state index in [1.54, 1.807) is 0 Å². The van der Waals surface area contributed by atoms with E-state index in [0.29, 0.717) is 6.61 Å². The Hall–Kier alpha value is -2.00. The number of hydrogen-bond donors (Lipinski definition) is 1. The molecule has 2 aromatic carbocycles. The molecular formula is C21H29NO2. The van der Waals surface area contributed by atoms with Crippen LogP contribution < -0.4 is 15.2 Å². The Morgan fingerprint density at radius 2 is 1.50 bits per heavy atom. The molecule has 0 fully saturated rings. The van der Waals surface area contributed by atoms with Crippen molar-refractivity contribution in [2.75, 3.05) is 19.8 Å². The first-order valence-corrected chi connectivity index (χ1v) is 9.00. The first kappa shape index (κ1) is 18.3. The summed E-state index contributed by atoms with van der Waals surface area (Å²) in [5, 5.41) is 0. The predicted molar refractivity (Wildman–Crippen MR) is 101 cm³/mol. The largest absolute Gasteiger partial charge is 0.494 e. The lowest BCUT2D eigenvalue weighted by Gasteiger charge is -2.12. The molecule has 0 radical (unpaired) electrons. The van der Waals surface area contributed by atoms with Gasteiger partial charge in [-0.05, 0) is 50.1 Å². The molecule has 130 valence electrons. The van der Waals surface area contributed by atoms with Crippen molar-refractivity contribution < 1.29 is 9.47 Å². The van der Waals surface area contributed by atoms with Gasteiger partial charge in [0.2, 0.25) is 0 Å². The molecule has 0 bridgehead atoms. The highest BCUT2D eigenvalue weighted by atomic mass is 16.5. The van der Waals surface area contributed by atoms with Crippen LogP contribution in [0, 0.1) is 0 Å². The zero-order valence-corrected chi connectivity index (χ0v) is 14.7. The molecule has 0 heterocycles. The van der Waals surface area contributed by atoms with Crippen molar-refractivity contribution in [2.45, 2.75) is 39.0 Å². The predicted octanol–water partition coefficient (Wildman–Crippen LogP) is 5.04. The van der Waals surface area contributed by atoms with E-state index in [9.17, 15) is 0 Å². The summed E-state index contributed by atoms with van der Waals surface area (Å²) in [6.45, 7) is 4.24. The molecule has 0 saturated carbocycles. The number of rotatable bonds is 11. The molecule has 0 unspecified atom stereocenters. The second-order valence-corrected chi connectivity index (χ2v) is 5.86. The highest BCUT2D eigenvalue weighted by Gasteiger charge is 2.06. The Bertz CT molecular complexity index is 581. The molecule has 0 aromatic heterocycles. The van der Waals surface area contributed by atoms with Crippen LogP contribution in [0.2, 0.25) is 0 Å². The smallest absolute Gasteiger partial charge is 0.127 e. The molecule has 0 aliphatic heterocycles. The van der Waals surface area contributed by atoms with Crippen molar-refractivity contribution in [3.05, 3.63) is 48.5 Å². The van der Waals surface area contributed by atoms with Crippen molar-refractivity contribution in [1.82, 2.24) is 0 Å². The van der Waals surface area contributed by atoms with Gasteiger partial charge in [-0.2, -0.15) is 0 Å². The average molecular weight is 327 g/mol. The second-order valence-electron chi connectivity index (χ2n) is 5.86. The summed E-state index contributed by atoms with van der Waals surface area (Å²) in [5.41, 5.74) is 7.79. The molecule has 24 heavy (non-hydrogen) atoms. The van der Waals surface area contributed by atoms with Gasteiger partial charge in [0.1, 0.15) is 11.5 Å². The van der Waals surface area contributed by atoms with Crippen LogP contribution in [0.3, 0.4) is 0 Å². The molecule has 2 rings (SSSR count). The van der Waals surface area contributed by atoms with Crippen LogP contribution in [0.15, 0.2) is 48.5 Å². The van der Waals surface area contributed by atoms with Gasteiger partial charge in [0, 0.05) is 5.56 Å². The molecule has 0 amide bonds. The number of nitrogens with two attached hydrogens (primary N) is 1. The molecule has 2 N–H and O–H groups in total. The standard InChI is InChI=1S/C21H29NO2/c1-2-23-19-14-12-18(13-15-19)20-10-6-7-11-21(20)24-17-9-5-3-4-8-16-22/h6-7,10-15H,2-5,8-9,16-17,22H2,1H3. The molecule has 0 atom stereocenters. The van der Waals surface area contributed by atoms with Gasteiger partial charge >= 0.3 is 0 Å². The van der Waals surface area contributed by atoms with Gasteiger partial charge in [0.05, 0.1) is 13.2 Å². The highest BCUT2D eigenvalue weighted by Crippen LogP contribution is 2.31. The topological polar surface area (TPSA) is 44.5 Å². The fraction of sp³-hybridized carbons (Fsp3) is 0.429. The highest BCUT2D eigenvalue weighted by molar-refractivity contribution is 5.70. The SMILES string of the molecule is CCOc1ccc(-c2ccccc2OCCCCCCCN)cc1. The lowest BCUT2D eigenvalue weighted by atomic mass is 10.0. The summed E-state index contributed by atoms with van der Waals surface area (Å²) in [4.78, 5) is 0. The van der Waals surface area contributed by atoms with E-state index in [4.69, 9.17) is 15.2 Å². The van der Waals surface area contributed by atoms with Crippen LogP contribution in [-0.2, 0) is 0 Å². The molecule has 0 saturated heterocycles. The lowest BCUT2D eigenvalue weighted by Crippen LogP contribution is -2.00. The number of unbranched alkanes of at least 4 members (excludes halogenated alkanes) is 4. The van der Waals surface area contributed by atoms with E-state index < -0.39 is 0 Å². The van der Waals surface area contributed by atoms with Gasteiger partial charge < -0.3 is 15.2 Å². The summed E-state index contributed by atoms with van der Waals surface area (Å²) in [6, 6.07) is 16.4. The quantitative estimate of drug-likeness (QED) is 0.588. The van der Waals surface area contributed by atoms with E-state index in [2.05, 4.69) is 18.2 Å². The van der Waals surface area contributed by atoms with Crippen molar-refractivity contribution in [1.29, 1.82) is 0 Å². The Morgan fingerprint density at radius 3 is 2.25 bits per heavy atom. The molecular weight excluding hydrogens is 298 g/mol. The fourth-order valence-corrected chi connectivity index (χ4v) is 2.69. The third-order valence-electron chi connectivity index (χ3n) is 3.97. The molecule has 0 aliphatic rings. The minimum atomic E-state index is 0.685. The zero-order valence-electron chi connectivity index (χ0n) is 14.7. The van der Waals surface area contributed by atoms with Crippen molar-refractivity contribution in [3.63, 3.8) is 0 Å². The Morgan fingerprint density at radius 1 is 0.792 bits per heavy atom. The number of hydrogen-bond acceptors (Lipinski definition) is 3. The maximum absolute atomic E-state index is 6.02. The van der Waals surface area contributed by atoms with Crippen LogP contribution in [0.1, 0.15) is 39.0 Å². The van der Waals surface area contributed by atoms with Gasteiger partial charge in [0.25, 0.3) is 0 Å². The van der Waals surface area contributed by atoms with Crippen LogP contribution in [0.25, 0.3) is 11.1 Å². The summed E-state index contributed by atoms with van der Waals surface area (Å²) >= 11 is 0.